The first-order valence-electron chi connectivity index (χ1n) is 7.88. The maximum Gasteiger partial charge on any atom is 0.277 e. The van der Waals surface area contributed by atoms with Crippen molar-refractivity contribution in [3.63, 3.8) is 0 Å². The van der Waals surface area contributed by atoms with E-state index in [9.17, 15) is 4.79 Å². The molecule has 0 saturated heterocycles. The average Bonchev–Trinajstić information content (AvgIpc) is 3.13. The van der Waals surface area contributed by atoms with E-state index in [0.717, 1.165) is 11.4 Å². The molecule has 1 amide bonds. The lowest BCUT2D eigenvalue weighted by Gasteiger charge is -2.18. The van der Waals surface area contributed by atoms with E-state index in [4.69, 9.17) is 5.11 Å². The number of aliphatic hydroxyl groups is 1. The lowest BCUT2D eigenvalue weighted by Crippen LogP contribution is -2.21. The van der Waals surface area contributed by atoms with Crippen molar-refractivity contribution >= 4 is 17.3 Å². The van der Waals surface area contributed by atoms with Crippen LogP contribution in [0.15, 0.2) is 60.8 Å². The zero-order chi connectivity index (χ0) is 17.6. The third-order valence-corrected chi connectivity index (χ3v) is 3.75. The van der Waals surface area contributed by atoms with Crippen molar-refractivity contribution in [2.45, 2.75) is 0 Å². The number of anilines is 2. The molecular weight excluding hydrogens is 318 g/mol. The largest absolute Gasteiger partial charge is 0.395 e. The molecule has 7 heteroatoms. The van der Waals surface area contributed by atoms with E-state index in [1.807, 2.05) is 66.5 Å². The molecule has 1 aromatic heterocycles. The number of para-hydroxylation sites is 1. The molecule has 25 heavy (non-hydrogen) atoms. The molecule has 0 aliphatic carbocycles. The molecule has 0 bridgehead atoms. The molecule has 128 valence electrons. The van der Waals surface area contributed by atoms with Gasteiger partial charge in [-0.15, -0.1) is 5.10 Å². The summed E-state index contributed by atoms with van der Waals surface area (Å²) in [7, 11) is 1.89. The van der Waals surface area contributed by atoms with Crippen LogP contribution in [-0.4, -0.2) is 46.2 Å². The molecule has 0 radical (unpaired) electrons. The standard InChI is InChI=1S/C18H19N5O2/c1-22(11-12-24)15-9-7-14(8-10-15)19-18(25)17-13-23(21-20-17)16-5-3-2-4-6-16/h2-10,13,24H,11-12H2,1H3,(H,19,25). The molecule has 0 atom stereocenters. The normalized spacial score (nSPS) is 10.5. The number of likely N-dealkylation sites (N-methyl/N-ethyl adjacent to an activating group) is 1. The molecule has 0 fully saturated rings. The van der Waals surface area contributed by atoms with Crippen LogP contribution in [0.5, 0.6) is 0 Å². The zero-order valence-electron chi connectivity index (χ0n) is 13.8. The smallest absolute Gasteiger partial charge is 0.277 e. The number of hydrogen-bond acceptors (Lipinski definition) is 5. The second kappa shape index (κ2) is 7.59. The zero-order valence-corrected chi connectivity index (χ0v) is 13.8. The maximum atomic E-state index is 12.3. The second-order valence-corrected chi connectivity index (χ2v) is 5.53. The summed E-state index contributed by atoms with van der Waals surface area (Å²) in [4.78, 5) is 14.2. The number of nitrogens with one attached hydrogen (secondary N) is 1. The highest BCUT2D eigenvalue weighted by Crippen LogP contribution is 2.17. The van der Waals surface area contributed by atoms with Crippen molar-refractivity contribution in [1.29, 1.82) is 0 Å². The highest BCUT2D eigenvalue weighted by molar-refractivity contribution is 6.02. The summed E-state index contributed by atoms with van der Waals surface area (Å²) < 4.78 is 1.56. The summed E-state index contributed by atoms with van der Waals surface area (Å²) in [5, 5.41) is 19.7. The van der Waals surface area contributed by atoms with Crippen LogP contribution in [0, 0.1) is 0 Å². The van der Waals surface area contributed by atoms with Gasteiger partial charge in [-0.2, -0.15) is 0 Å². The van der Waals surface area contributed by atoms with Crippen LogP contribution in [0.3, 0.4) is 0 Å². The predicted molar refractivity (Wildman–Crippen MR) is 96.1 cm³/mol. The van der Waals surface area contributed by atoms with Gasteiger partial charge in [-0.1, -0.05) is 23.4 Å². The lowest BCUT2D eigenvalue weighted by atomic mass is 10.2. The van der Waals surface area contributed by atoms with Crippen LogP contribution in [0.2, 0.25) is 0 Å². The van der Waals surface area contributed by atoms with Crippen LogP contribution >= 0.6 is 0 Å². The molecule has 2 N–H and O–H groups in total. The maximum absolute atomic E-state index is 12.3. The number of rotatable bonds is 6. The minimum Gasteiger partial charge on any atom is -0.395 e. The predicted octanol–water partition coefficient (Wildman–Crippen LogP) is 1.95. The third-order valence-electron chi connectivity index (χ3n) is 3.75. The number of benzene rings is 2. The van der Waals surface area contributed by atoms with Gasteiger partial charge in [-0.3, -0.25) is 4.79 Å². The van der Waals surface area contributed by atoms with Crippen molar-refractivity contribution < 1.29 is 9.90 Å². The van der Waals surface area contributed by atoms with Crippen LogP contribution in [0.25, 0.3) is 5.69 Å². The second-order valence-electron chi connectivity index (χ2n) is 5.53. The summed E-state index contributed by atoms with van der Waals surface area (Å²) in [5.74, 6) is -0.321. The Kier molecular flexibility index (Phi) is 5.06. The van der Waals surface area contributed by atoms with Gasteiger partial charge < -0.3 is 15.3 Å². The van der Waals surface area contributed by atoms with Crippen LogP contribution in [0.4, 0.5) is 11.4 Å². The van der Waals surface area contributed by atoms with Gasteiger partial charge >= 0.3 is 0 Å². The summed E-state index contributed by atoms with van der Waals surface area (Å²) in [6, 6.07) is 16.9. The molecule has 3 rings (SSSR count). The Hall–Kier alpha value is -3.19. The first-order chi connectivity index (χ1) is 12.2. The number of carbonyl (C=O) groups excluding carboxylic acids is 1. The summed E-state index contributed by atoms with van der Waals surface area (Å²) >= 11 is 0. The van der Waals surface area contributed by atoms with Crippen molar-refractivity contribution in [2.24, 2.45) is 0 Å². The first-order valence-corrected chi connectivity index (χ1v) is 7.88. The monoisotopic (exact) mass is 337 g/mol. The number of hydrogen-bond donors (Lipinski definition) is 2. The average molecular weight is 337 g/mol. The third kappa shape index (κ3) is 4.02. The van der Waals surface area contributed by atoms with E-state index >= 15 is 0 Å². The van der Waals surface area contributed by atoms with Crippen molar-refractivity contribution in [3.05, 3.63) is 66.5 Å². The van der Waals surface area contributed by atoms with E-state index in [1.54, 1.807) is 10.9 Å². The lowest BCUT2D eigenvalue weighted by molar-refractivity contribution is 0.102. The first kappa shape index (κ1) is 16.7. The van der Waals surface area contributed by atoms with Gasteiger partial charge in [-0.25, -0.2) is 4.68 Å². The molecule has 0 aliphatic heterocycles. The van der Waals surface area contributed by atoms with E-state index < -0.39 is 0 Å². The van der Waals surface area contributed by atoms with Crippen molar-refractivity contribution in [1.82, 2.24) is 15.0 Å². The fourth-order valence-electron chi connectivity index (χ4n) is 2.35. The van der Waals surface area contributed by atoms with Gasteiger partial charge in [0.1, 0.15) is 0 Å². The van der Waals surface area contributed by atoms with Gasteiger partial charge in [0.05, 0.1) is 18.5 Å². The molecule has 2 aromatic carbocycles. The molecule has 0 spiro atoms. The van der Waals surface area contributed by atoms with Gasteiger partial charge in [0.15, 0.2) is 5.69 Å². The van der Waals surface area contributed by atoms with Crippen molar-refractivity contribution in [2.75, 3.05) is 30.4 Å². The van der Waals surface area contributed by atoms with Gasteiger partial charge in [0.2, 0.25) is 0 Å². The molecule has 0 saturated carbocycles. The van der Waals surface area contributed by atoms with Crippen LogP contribution in [0.1, 0.15) is 10.5 Å². The highest BCUT2D eigenvalue weighted by Gasteiger charge is 2.12. The minimum absolute atomic E-state index is 0.0893. The molecule has 3 aromatic rings. The van der Waals surface area contributed by atoms with Crippen LogP contribution < -0.4 is 10.2 Å². The van der Waals surface area contributed by atoms with Crippen molar-refractivity contribution in [3.8, 4) is 5.69 Å². The summed E-state index contributed by atoms with van der Waals surface area (Å²) in [6.07, 6.45) is 1.59. The highest BCUT2D eigenvalue weighted by atomic mass is 16.3. The van der Waals surface area contributed by atoms with Gasteiger partial charge in [0, 0.05) is 25.0 Å². The van der Waals surface area contributed by atoms with E-state index in [-0.39, 0.29) is 18.2 Å². The van der Waals surface area contributed by atoms with Gasteiger partial charge in [0.25, 0.3) is 5.91 Å². The number of aromatic nitrogens is 3. The Balaban J connectivity index is 1.67. The topological polar surface area (TPSA) is 83.3 Å². The molecule has 0 unspecified atom stereocenters. The quantitative estimate of drug-likeness (QED) is 0.718. The van der Waals surface area contributed by atoms with E-state index in [0.29, 0.717) is 12.2 Å². The fourth-order valence-corrected chi connectivity index (χ4v) is 2.35. The SMILES string of the molecule is CN(CCO)c1ccc(NC(=O)c2cn(-c3ccccc3)nn2)cc1. The Morgan fingerprint density at radius 3 is 2.56 bits per heavy atom. The number of nitrogens with zero attached hydrogens (tertiary/aromatic N) is 4. The Morgan fingerprint density at radius 2 is 1.88 bits per heavy atom. The minimum atomic E-state index is -0.321. The van der Waals surface area contributed by atoms with Crippen LogP contribution in [-0.2, 0) is 0 Å². The molecular formula is C18H19N5O2. The van der Waals surface area contributed by atoms with Gasteiger partial charge in [-0.05, 0) is 36.4 Å². The van der Waals surface area contributed by atoms with E-state index in [2.05, 4.69) is 15.6 Å². The molecule has 1 heterocycles. The number of aliphatic hydroxyl groups excluding tert-OH is 1. The Bertz CT molecular complexity index is 830. The Morgan fingerprint density at radius 1 is 1.16 bits per heavy atom. The number of amides is 1. The van der Waals surface area contributed by atoms with E-state index in [1.165, 1.54) is 0 Å². The molecule has 7 nitrogen and oxygen atoms in total. The molecule has 0 aliphatic rings. The summed E-state index contributed by atoms with van der Waals surface area (Å²) in [5.41, 5.74) is 2.71. The fraction of sp³-hybridized carbons (Fsp3) is 0.167. The summed E-state index contributed by atoms with van der Waals surface area (Å²) in [6.45, 7) is 0.639. The number of carbonyl (C=O) groups is 1. The Labute approximate surface area is 145 Å².